The van der Waals surface area contributed by atoms with Crippen molar-refractivity contribution < 1.29 is 9.28 Å². The third-order valence-corrected chi connectivity index (χ3v) is 5.94. The molecule has 1 saturated heterocycles. The molecule has 1 N–H and O–H groups in total. The highest BCUT2D eigenvalue weighted by Crippen LogP contribution is 2.30. The largest absolute Gasteiger partial charge is 0.320 e. The zero-order chi connectivity index (χ0) is 18.3. The summed E-state index contributed by atoms with van der Waals surface area (Å²) < 4.78 is 1.01. The molecule has 2 rings (SSSR count). The number of quaternary nitrogens is 1. The van der Waals surface area contributed by atoms with Crippen LogP contribution in [0.4, 0.5) is 5.69 Å². The molecule has 1 aromatic rings. The number of benzene rings is 1. The van der Waals surface area contributed by atoms with Gasteiger partial charge in [-0.15, -0.1) is 0 Å². The number of anilines is 1. The molecule has 3 heteroatoms. The van der Waals surface area contributed by atoms with Crippen LogP contribution in [0.2, 0.25) is 0 Å². The molecule has 0 radical (unpaired) electrons. The van der Waals surface area contributed by atoms with E-state index in [9.17, 15) is 4.79 Å². The molecule has 0 aliphatic carbocycles. The third kappa shape index (κ3) is 4.84. The van der Waals surface area contributed by atoms with Gasteiger partial charge in [0, 0.05) is 12.1 Å². The van der Waals surface area contributed by atoms with Crippen LogP contribution < -0.4 is 5.32 Å². The zero-order valence-corrected chi connectivity index (χ0v) is 16.7. The van der Waals surface area contributed by atoms with Crippen molar-refractivity contribution in [3.63, 3.8) is 0 Å². The number of para-hydroxylation sites is 1. The minimum absolute atomic E-state index is 0.117. The molecule has 0 bridgehead atoms. The highest BCUT2D eigenvalue weighted by atomic mass is 16.2. The van der Waals surface area contributed by atoms with Crippen LogP contribution in [-0.2, 0) is 4.79 Å². The van der Waals surface area contributed by atoms with Crippen molar-refractivity contribution in [1.82, 2.24) is 0 Å². The molecule has 0 spiro atoms. The topological polar surface area (TPSA) is 29.1 Å². The molecule has 1 unspecified atom stereocenters. The molecule has 1 heterocycles. The SMILES string of the molecule is CCCC[N+]1(CCCC)CCCCC1C(=O)Nc1c(C)cccc1C. The minimum Gasteiger partial charge on any atom is -0.320 e. The van der Waals surface area contributed by atoms with Crippen LogP contribution in [-0.4, -0.2) is 36.1 Å². The number of nitrogens with one attached hydrogen (secondary N) is 1. The van der Waals surface area contributed by atoms with E-state index in [-0.39, 0.29) is 11.9 Å². The number of piperidine rings is 1. The quantitative estimate of drug-likeness (QED) is 0.644. The molecule has 1 aromatic carbocycles. The van der Waals surface area contributed by atoms with Gasteiger partial charge in [-0.05, 0) is 50.7 Å². The molecule has 3 nitrogen and oxygen atoms in total. The first-order chi connectivity index (χ1) is 12.0. The number of carbonyl (C=O) groups excluding carboxylic acids is 1. The summed E-state index contributed by atoms with van der Waals surface area (Å²) in [5.74, 6) is 0.240. The van der Waals surface area contributed by atoms with E-state index in [1.54, 1.807) is 0 Å². The fraction of sp³-hybridized carbons (Fsp3) is 0.682. The summed E-state index contributed by atoms with van der Waals surface area (Å²) in [5.41, 5.74) is 3.33. The Balaban J connectivity index is 2.23. The van der Waals surface area contributed by atoms with E-state index < -0.39 is 0 Å². The van der Waals surface area contributed by atoms with Gasteiger partial charge >= 0.3 is 0 Å². The zero-order valence-electron chi connectivity index (χ0n) is 16.7. The molecule has 1 fully saturated rings. The van der Waals surface area contributed by atoms with Gasteiger partial charge in [0.2, 0.25) is 0 Å². The van der Waals surface area contributed by atoms with Gasteiger partial charge < -0.3 is 9.80 Å². The van der Waals surface area contributed by atoms with Crippen LogP contribution >= 0.6 is 0 Å². The highest BCUT2D eigenvalue weighted by Gasteiger charge is 2.43. The number of unbranched alkanes of at least 4 members (excludes halogenated alkanes) is 2. The van der Waals surface area contributed by atoms with Gasteiger partial charge in [0.1, 0.15) is 0 Å². The van der Waals surface area contributed by atoms with Crippen LogP contribution in [0.1, 0.15) is 69.9 Å². The predicted octanol–water partition coefficient (Wildman–Crippen LogP) is 5.21. The normalized spacial score (nSPS) is 19.6. The first kappa shape index (κ1) is 20.0. The van der Waals surface area contributed by atoms with Gasteiger partial charge in [-0.1, -0.05) is 44.9 Å². The van der Waals surface area contributed by atoms with E-state index in [2.05, 4.69) is 51.2 Å². The smallest absolute Gasteiger partial charge is 0.282 e. The monoisotopic (exact) mass is 345 g/mol. The Morgan fingerprint density at radius 3 is 2.24 bits per heavy atom. The van der Waals surface area contributed by atoms with Crippen molar-refractivity contribution >= 4 is 11.6 Å². The molecule has 1 amide bonds. The number of amides is 1. The molecule has 0 aromatic heterocycles. The summed E-state index contributed by atoms with van der Waals surface area (Å²) >= 11 is 0. The van der Waals surface area contributed by atoms with Crippen LogP contribution in [0.5, 0.6) is 0 Å². The lowest BCUT2D eigenvalue weighted by Gasteiger charge is -2.47. The first-order valence-electron chi connectivity index (χ1n) is 10.3. The molecule has 1 aliphatic rings. The predicted molar refractivity (Wildman–Crippen MR) is 107 cm³/mol. The van der Waals surface area contributed by atoms with Crippen LogP contribution in [0.15, 0.2) is 18.2 Å². The fourth-order valence-electron chi connectivity index (χ4n) is 4.39. The number of hydrogen-bond donors (Lipinski definition) is 1. The van der Waals surface area contributed by atoms with E-state index in [0.717, 1.165) is 40.8 Å². The van der Waals surface area contributed by atoms with E-state index >= 15 is 0 Å². The second kappa shape index (κ2) is 9.38. The second-order valence-electron chi connectivity index (χ2n) is 7.86. The Hall–Kier alpha value is -1.35. The molecule has 25 heavy (non-hydrogen) atoms. The summed E-state index contributed by atoms with van der Waals surface area (Å²) in [6.45, 7) is 12.2. The molecular formula is C22H37N2O+. The Bertz CT molecular complexity index is 539. The van der Waals surface area contributed by atoms with Crippen molar-refractivity contribution in [3.8, 4) is 0 Å². The Morgan fingerprint density at radius 2 is 1.68 bits per heavy atom. The molecule has 1 atom stereocenters. The van der Waals surface area contributed by atoms with Crippen molar-refractivity contribution in [2.24, 2.45) is 0 Å². The average molecular weight is 346 g/mol. The van der Waals surface area contributed by atoms with Gasteiger partial charge in [-0.2, -0.15) is 0 Å². The maximum atomic E-state index is 13.3. The molecular weight excluding hydrogens is 308 g/mol. The number of rotatable bonds is 8. The van der Waals surface area contributed by atoms with Crippen LogP contribution in [0.3, 0.4) is 0 Å². The van der Waals surface area contributed by atoms with E-state index in [1.807, 2.05) is 0 Å². The summed E-state index contributed by atoms with van der Waals surface area (Å²) in [5, 5.41) is 3.30. The Morgan fingerprint density at radius 1 is 1.08 bits per heavy atom. The minimum atomic E-state index is 0.117. The van der Waals surface area contributed by atoms with E-state index in [1.165, 1.54) is 45.1 Å². The third-order valence-electron chi connectivity index (χ3n) is 5.94. The summed E-state index contributed by atoms with van der Waals surface area (Å²) in [4.78, 5) is 13.3. The number of aryl methyl sites for hydroxylation is 2. The van der Waals surface area contributed by atoms with Crippen molar-refractivity contribution in [2.45, 2.75) is 78.7 Å². The fourth-order valence-corrected chi connectivity index (χ4v) is 4.39. The first-order valence-corrected chi connectivity index (χ1v) is 10.3. The van der Waals surface area contributed by atoms with Gasteiger partial charge in [0.05, 0.1) is 19.6 Å². The molecule has 140 valence electrons. The Labute approximate surface area is 154 Å². The molecule has 0 saturated carbocycles. The second-order valence-corrected chi connectivity index (χ2v) is 7.86. The van der Waals surface area contributed by atoms with Crippen LogP contribution in [0.25, 0.3) is 0 Å². The standard InChI is InChI=1S/C22H36N2O/c1-5-7-15-24(16-8-6-2)17-10-9-14-20(24)22(25)23-21-18(3)12-11-13-19(21)4/h11-13,20H,5-10,14-17H2,1-4H3/p+1. The molecule has 1 aliphatic heterocycles. The number of hydrogen-bond acceptors (Lipinski definition) is 1. The van der Waals surface area contributed by atoms with Gasteiger partial charge in [0.15, 0.2) is 6.04 Å². The lowest BCUT2D eigenvalue weighted by molar-refractivity contribution is -0.947. The van der Waals surface area contributed by atoms with Crippen LogP contribution in [0, 0.1) is 13.8 Å². The van der Waals surface area contributed by atoms with Crippen molar-refractivity contribution in [2.75, 3.05) is 25.0 Å². The number of carbonyl (C=O) groups is 1. The lowest BCUT2D eigenvalue weighted by atomic mass is 9.95. The maximum Gasteiger partial charge on any atom is 0.282 e. The van der Waals surface area contributed by atoms with E-state index in [4.69, 9.17) is 0 Å². The highest BCUT2D eigenvalue weighted by molar-refractivity contribution is 5.95. The van der Waals surface area contributed by atoms with E-state index in [0.29, 0.717) is 0 Å². The average Bonchev–Trinajstić information content (AvgIpc) is 2.61. The van der Waals surface area contributed by atoms with Gasteiger partial charge in [-0.25, -0.2) is 0 Å². The van der Waals surface area contributed by atoms with Crippen molar-refractivity contribution in [1.29, 1.82) is 0 Å². The van der Waals surface area contributed by atoms with Gasteiger partial charge in [0.25, 0.3) is 5.91 Å². The van der Waals surface area contributed by atoms with Gasteiger partial charge in [-0.3, -0.25) is 4.79 Å². The summed E-state index contributed by atoms with van der Waals surface area (Å²) in [6.07, 6.45) is 8.33. The Kier molecular flexibility index (Phi) is 7.49. The summed E-state index contributed by atoms with van der Waals surface area (Å²) in [6, 6.07) is 6.34. The maximum absolute atomic E-state index is 13.3. The number of likely N-dealkylation sites (tertiary alicyclic amines) is 1. The number of nitrogens with zero attached hydrogens (tertiary/aromatic N) is 1. The lowest BCUT2D eigenvalue weighted by Crippen LogP contribution is -2.63. The van der Waals surface area contributed by atoms with Crippen molar-refractivity contribution in [3.05, 3.63) is 29.3 Å². The summed E-state index contributed by atoms with van der Waals surface area (Å²) in [7, 11) is 0.